The molecule has 1 amide bonds. The summed E-state index contributed by atoms with van der Waals surface area (Å²) in [4.78, 5) is 12.2. The van der Waals surface area contributed by atoms with Crippen LogP contribution in [0.4, 0.5) is 10.2 Å². The maximum Gasteiger partial charge on any atom is 0.230 e. The summed E-state index contributed by atoms with van der Waals surface area (Å²) in [7, 11) is 0. The van der Waals surface area contributed by atoms with Gasteiger partial charge < -0.3 is 5.32 Å². The first kappa shape index (κ1) is 17.6. The van der Waals surface area contributed by atoms with Crippen molar-refractivity contribution < 1.29 is 9.18 Å². The smallest absolute Gasteiger partial charge is 0.230 e. The van der Waals surface area contributed by atoms with Crippen molar-refractivity contribution in [3.05, 3.63) is 81.2 Å². The van der Waals surface area contributed by atoms with Crippen molar-refractivity contribution in [1.29, 1.82) is 0 Å². The zero-order valence-corrected chi connectivity index (χ0v) is 15.4. The van der Waals surface area contributed by atoms with Gasteiger partial charge in [-0.15, -0.1) is 0 Å². The average Bonchev–Trinajstić information content (AvgIpc) is 2.91. The molecule has 1 N–H and O–H groups in total. The molecular formula is C18H14BrClFN3O. The molecule has 0 spiro atoms. The topological polar surface area (TPSA) is 46.9 Å². The maximum absolute atomic E-state index is 13.7. The highest BCUT2D eigenvalue weighted by Crippen LogP contribution is 2.21. The Bertz CT molecular complexity index is 896. The average molecular weight is 423 g/mol. The van der Waals surface area contributed by atoms with Crippen molar-refractivity contribution in [3.63, 3.8) is 0 Å². The fourth-order valence-electron chi connectivity index (χ4n) is 2.33. The van der Waals surface area contributed by atoms with Crippen LogP contribution in [0.1, 0.15) is 11.1 Å². The van der Waals surface area contributed by atoms with Crippen LogP contribution < -0.4 is 5.32 Å². The molecule has 3 rings (SSSR count). The number of benzene rings is 2. The van der Waals surface area contributed by atoms with E-state index in [1.165, 1.54) is 6.07 Å². The number of rotatable bonds is 5. The molecule has 0 fully saturated rings. The van der Waals surface area contributed by atoms with Crippen LogP contribution in [0.15, 0.2) is 59.2 Å². The number of anilines is 1. The summed E-state index contributed by atoms with van der Waals surface area (Å²) in [5, 5.41) is 7.67. The molecule has 0 bridgehead atoms. The van der Waals surface area contributed by atoms with Gasteiger partial charge in [-0.05, 0) is 39.7 Å². The molecule has 0 atom stereocenters. The summed E-state index contributed by atoms with van der Waals surface area (Å²) in [6, 6.07) is 13.6. The van der Waals surface area contributed by atoms with Crippen LogP contribution in [0.5, 0.6) is 0 Å². The van der Waals surface area contributed by atoms with Crippen molar-refractivity contribution in [3.8, 4) is 0 Å². The molecule has 4 nitrogen and oxygen atoms in total. The molecule has 0 saturated carbocycles. The predicted molar refractivity (Wildman–Crippen MR) is 99.2 cm³/mol. The molecule has 0 saturated heterocycles. The molecule has 0 aliphatic heterocycles. The Morgan fingerprint density at radius 1 is 1.20 bits per heavy atom. The number of aromatic nitrogens is 2. The first-order valence-corrected chi connectivity index (χ1v) is 8.69. The Hall–Kier alpha value is -2.18. The highest BCUT2D eigenvalue weighted by atomic mass is 79.9. The van der Waals surface area contributed by atoms with E-state index in [2.05, 4.69) is 26.3 Å². The lowest BCUT2D eigenvalue weighted by Crippen LogP contribution is -2.15. The Morgan fingerprint density at radius 3 is 2.64 bits per heavy atom. The van der Waals surface area contributed by atoms with Gasteiger partial charge in [0.25, 0.3) is 0 Å². The van der Waals surface area contributed by atoms with Gasteiger partial charge in [0.15, 0.2) is 5.82 Å². The second-order valence-electron chi connectivity index (χ2n) is 5.47. The van der Waals surface area contributed by atoms with Crippen molar-refractivity contribution in [2.24, 2.45) is 0 Å². The number of amides is 1. The molecule has 0 aliphatic rings. The summed E-state index contributed by atoms with van der Waals surface area (Å²) < 4.78 is 15.9. The zero-order chi connectivity index (χ0) is 17.8. The number of hydrogen-bond acceptors (Lipinski definition) is 2. The number of nitrogens with zero attached hydrogens (tertiary/aromatic N) is 2. The van der Waals surface area contributed by atoms with Crippen LogP contribution in [0.3, 0.4) is 0 Å². The zero-order valence-electron chi connectivity index (χ0n) is 13.0. The Kier molecular flexibility index (Phi) is 5.50. The van der Waals surface area contributed by atoms with Crippen molar-refractivity contribution in [2.45, 2.75) is 13.0 Å². The van der Waals surface area contributed by atoms with E-state index in [0.29, 0.717) is 20.9 Å². The molecule has 3 aromatic rings. The molecule has 128 valence electrons. The molecule has 1 aromatic heterocycles. The molecular weight excluding hydrogens is 409 g/mol. The Morgan fingerprint density at radius 2 is 1.92 bits per heavy atom. The lowest BCUT2D eigenvalue weighted by atomic mass is 10.1. The second-order valence-corrected chi connectivity index (χ2v) is 6.76. The van der Waals surface area contributed by atoms with E-state index in [-0.39, 0.29) is 24.7 Å². The van der Waals surface area contributed by atoms with Gasteiger partial charge in [0, 0.05) is 16.8 Å². The summed E-state index contributed by atoms with van der Waals surface area (Å²) in [6.45, 7) is 0.276. The summed E-state index contributed by atoms with van der Waals surface area (Å²) in [5.74, 6) is -0.0862. The van der Waals surface area contributed by atoms with Gasteiger partial charge in [-0.1, -0.05) is 41.9 Å². The van der Waals surface area contributed by atoms with Crippen LogP contribution in [0.2, 0.25) is 5.02 Å². The van der Waals surface area contributed by atoms with Crippen molar-refractivity contribution in [1.82, 2.24) is 9.78 Å². The van der Waals surface area contributed by atoms with Gasteiger partial charge in [0.05, 0.1) is 17.4 Å². The normalized spacial score (nSPS) is 10.7. The third-order valence-corrected chi connectivity index (χ3v) is 4.38. The first-order chi connectivity index (χ1) is 12.0. The van der Waals surface area contributed by atoms with E-state index in [9.17, 15) is 9.18 Å². The van der Waals surface area contributed by atoms with Crippen molar-refractivity contribution >= 4 is 39.3 Å². The highest BCUT2D eigenvalue weighted by Gasteiger charge is 2.12. The first-order valence-electron chi connectivity index (χ1n) is 7.52. The minimum atomic E-state index is -0.289. The molecule has 2 aromatic carbocycles. The number of halogens is 3. The van der Waals surface area contributed by atoms with Gasteiger partial charge in [-0.3, -0.25) is 9.48 Å². The van der Waals surface area contributed by atoms with E-state index >= 15 is 0 Å². The number of carbonyl (C=O) groups excluding carboxylic acids is 1. The molecule has 0 aliphatic carbocycles. The highest BCUT2D eigenvalue weighted by molar-refractivity contribution is 9.10. The van der Waals surface area contributed by atoms with E-state index in [1.54, 1.807) is 53.3 Å². The summed E-state index contributed by atoms with van der Waals surface area (Å²) in [6.07, 6.45) is 1.91. The lowest BCUT2D eigenvalue weighted by molar-refractivity contribution is -0.115. The molecule has 1 heterocycles. The van der Waals surface area contributed by atoms with Crippen molar-refractivity contribution in [2.75, 3.05) is 5.32 Å². The summed E-state index contributed by atoms with van der Waals surface area (Å²) >= 11 is 9.20. The largest absolute Gasteiger partial charge is 0.308 e. The number of carbonyl (C=O) groups is 1. The van der Waals surface area contributed by atoms with Crippen LogP contribution in [0, 0.1) is 5.82 Å². The van der Waals surface area contributed by atoms with Crippen LogP contribution in [-0.4, -0.2) is 15.7 Å². The van der Waals surface area contributed by atoms with Gasteiger partial charge in [-0.2, -0.15) is 5.10 Å². The SMILES string of the molecule is O=C(Cc1ccc(Cl)cc1)Nc1nn(Cc2ccccc2F)cc1Br. The molecule has 25 heavy (non-hydrogen) atoms. The maximum atomic E-state index is 13.7. The molecule has 0 unspecified atom stereocenters. The van der Waals surface area contributed by atoms with Gasteiger partial charge >= 0.3 is 0 Å². The van der Waals surface area contributed by atoms with E-state index in [0.717, 1.165) is 5.56 Å². The van der Waals surface area contributed by atoms with E-state index < -0.39 is 0 Å². The number of nitrogens with one attached hydrogen (secondary N) is 1. The lowest BCUT2D eigenvalue weighted by Gasteiger charge is -2.04. The Labute approximate surface area is 157 Å². The monoisotopic (exact) mass is 421 g/mol. The predicted octanol–water partition coefficient (Wildman–Crippen LogP) is 4.67. The van der Waals surface area contributed by atoms with E-state index in [1.807, 2.05) is 0 Å². The fourth-order valence-corrected chi connectivity index (χ4v) is 2.87. The van der Waals surface area contributed by atoms with Gasteiger partial charge in [-0.25, -0.2) is 4.39 Å². The van der Waals surface area contributed by atoms with Gasteiger partial charge in [0.2, 0.25) is 5.91 Å². The quantitative estimate of drug-likeness (QED) is 0.649. The van der Waals surface area contributed by atoms with Crippen LogP contribution in [-0.2, 0) is 17.8 Å². The van der Waals surface area contributed by atoms with Crippen LogP contribution in [0.25, 0.3) is 0 Å². The minimum Gasteiger partial charge on any atom is -0.308 e. The van der Waals surface area contributed by atoms with E-state index in [4.69, 9.17) is 11.6 Å². The van der Waals surface area contributed by atoms with Crippen LogP contribution >= 0.6 is 27.5 Å². The summed E-state index contributed by atoms with van der Waals surface area (Å²) in [5.41, 5.74) is 1.38. The molecule has 7 heteroatoms. The Balaban J connectivity index is 1.67. The number of hydrogen-bond donors (Lipinski definition) is 1. The second kappa shape index (κ2) is 7.80. The third kappa shape index (κ3) is 4.67. The fraction of sp³-hybridized carbons (Fsp3) is 0.111. The standard InChI is InChI=1S/C18H14BrClFN3O/c19-15-11-24(10-13-3-1-2-4-16(13)21)23-18(15)22-17(25)9-12-5-7-14(20)8-6-12/h1-8,11H,9-10H2,(H,22,23,25). The third-order valence-electron chi connectivity index (χ3n) is 3.54. The van der Waals surface area contributed by atoms with Gasteiger partial charge in [0.1, 0.15) is 5.82 Å². The minimum absolute atomic E-state index is 0.195. The molecule has 0 radical (unpaired) electrons.